The third kappa shape index (κ3) is 3.64. The molecule has 0 saturated carbocycles. The van der Waals surface area contributed by atoms with Crippen LogP contribution < -0.4 is 0 Å². The fourth-order valence-electron chi connectivity index (χ4n) is 5.83. The Kier molecular flexibility index (Phi) is 5.30. The van der Waals surface area contributed by atoms with Crippen LogP contribution in [0, 0.1) is 17.5 Å². The van der Waals surface area contributed by atoms with Crippen LogP contribution in [-0.2, 0) is 4.74 Å². The summed E-state index contributed by atoms with van der Waals surface area (Å²) in [6, 6.07) is 11.9. The lowest BCUT2D eigenvalue weighted by Gasteiger charge is -2.29. The molecule has 2 bridgehead atoms. The fraction of sp³-hybridized carbons (Fsp3) is 0.250. The standard InChI is InChI=1S/C28H22F3NO4/c29-17-11-23-26(24(33)12-17)25(16-9-19-6-7-20(10-16)36-19)27(14-1-3-15(4-2-14)28(34)35)32(23)18-5-8-21(30)22(31)13-18/h1-5,8,11-13,16,19-20,33H,6-7,9-10H2,(H,34,35). The number of aromatic hydroxyl groups is 1. The summed E-state index contributed by atoms with van der Waals surface area (Å²) in [6.07, 6.45) is 3.41. The summed E-state index contributed by atoms with van der Waals surface area (Å²) in [7, 11) is 0. The van der Waals surface area contributed by atoms with Crippen LogP contribution in [-0.4, -0.2) is 33.0 Å². The van der Waals surface area contributed by atoms with Crippen LogP contribution in [0.4, 0.5) is 13.2 Å². The van der Waals surface area contributed by atoms with Crippen LogP contribution in [0.1, 0.15) is 47.5 Å². The molecule has 0 spiro atoms. The number of fused-ring (bicyclic) bond motifs is 3. The number of hydrogen-bond donors (Lipinski definition) is 2. The molecule has 0 amide bonds. The molecule has 2 atom stereocenters. The SMILES string of the molecule is O=C(O)c1ccc(-c2c(C3CC4CCC(C3)O4)c3c(O)cc(F)cc3n2-c2ccc(F)c(F)c2)cc1. The highest BCUT2D eigenvalue weighted by atomic mass is 19.2. The molecule has 2 saturated heterocycles. The number of phenols is 1. The maximum Gasteiger partial charge on any atom is 0.335 e. The first kappa shape index (κ1) is 22.7. The second-order valence-corrected chi connectivity index (χ2v) is 9.52. The first-order valence-electron chi connectivity index (χ1n) is 11.8. The number of carbonyl (C=O) groups is 1. The van der Waals surface area contributed by atoms with Crippen LogP contribution >= 0.6 is 0 Å². The van der Waals surface area contributed by atoms with E-state index in [2.05, 4.69) is 0 Å². The number of rotatable bonds is 4. The summed E-state index contributed by atoms with van der Waals surface area (Å²) in [5, 5.41) is 20.8. The van der Waals surface area contributed by atoms with Gasteiger partial charge in [-0.05, 0) is 73.1 Å². The summed E-state index contributed by atoms with van der Waals surface area (Å²) < 4.78 is 50.5. The second-order valence-electron chi connectivity index (χ2n) is 9.52. The number of hydrogen-bond acceptors (Lipinski definition) is 3. The van der Waals surface area contributed by atoms with Crippen LogP contribution in [0.15, 0.2) is 54.6 Å². The summed E-state index contributed by atoms with van der Waals surface area (Å²) in [5.74, 6) is -4.12. The number of halogens is 3. The molecule has 3 heterocycles. The zero-order valence-electron chi connectivity index (χ0n) is 19.0. The Bertz CT molecular complexity index is 1500. The molecule has 6 rings (SSSR count). The topological polar surface area (TPSA) is 71.7 Å². The van der Waals surface area contributed by atoms with Gasteiger partial charge < -0.3 is 19.5 Å². The number of phenolic OH excluding ortho intramolecular Hbond substituents is 1. The quantitative estimate of drug-likeness (QED) is 0.339. The van der Waals surface area contributed by atoms with E-state index in [-0.39, 0.29) is 35.1 Å². The zero-order valence-corrected chi connectivity index (χ0v) is 19.0. The van der Waals surface area contributed by atoms with Crippen molar-refractivity contribution in [3.05, 3.63) is 83.2 Å². The van der Waals surface area contributed by atoms with Gasteiger partial charge in [0.1, 0.15) is 11.6 Å². The van der Waals surface area contributed by atoms with Crippen molar-refractivity contribution in [1.29, 1.82) is 0 Å². The third-order valence-corrected chi connectivity index (χ3v) is 7.32. The van der Waals surface area contributed by atoms with Crippen LogP contribution in [0.2, 0.25) is 0 Å². The van der Waals surface area contributed by atoms with Gasteiger partial charge in [-0.3, -0.25) is 0 Å². The number of ether oxygens (including phenoxy) is 1. The van der Waals surface area contributed by atoms with Gasteiger partial charge in [-0.1, -0.05) is 12.1 Å². The van der Waals surface area contributed by atoms with Gasteiger partial charge >= 0.3 is 5.97 Å². The van der Waals surface area contributed by atoms with Gasteiger partial charge in [0.2, 0.25) is 0 Å². The Balaban J connectivity index is 1.70. The average Bonchev–Trinajstić information content (AvgIpc) is 3.37. The molecule has 2 aliphatic heterocycles. The lowest BCUT2D eigenvalue weighted by molar-refractivity contribution is -0.00353. The minimum absolute atomic E-state index is 0.0455. The molecule has 2 fully saturated rings. The number of aromatic nitrogens is 1. The van der Waals surface area contributed by atoms with Gasteiger partial charge in [0.05, 0.1) is 29.0 Å². The molecule has 4 aromatic rings. The molecule has 184 valence electrons. The van der Waals surface area contributed by atoms with Crippen molar-refractivity contribution in [2.75, 3.05) is 0 Å². The van der Waals surface area contributed by atoms with Crippen molar-refractivity contribution >= 4 is 16.9 Å². The Morgan fingerprint density at radius 1 is 0.917 bits per heavy atom. The molecular formula is C28H22F3NO4. The monoisotopic (exact) mass is 493 g/mol. The van der Waals surface area contributed by atoms with Gasteiger partial charge in [-0.15, -0.1) is 0 Å². The number of carboxylic acids is 1. The molecule has 2 N–H and O–H groups in total. The number of benzene rings is 3. The second kappa shape index (κ2) is 8.41. The van der Waals surface area contributed by atoms with E-state index in [9.17, 15) is 28.2 Å². The summed E-state index contributed by atoms with van der Waals surface area (Å²) in [5.41, 5.74) is 2.59. The predicted octanol–water partition coefficient (Wildman–Crippen LogP) is 6.54. The molecule has 36 heavy (non-hydrogen) atoms. The number of aromatic carboxylic acids is 1. The van der Waals surface area contributed by atoms with Gasteiger partial charge in [0.25, 0.3) is 0 Å². The predicted molar refractivity (Wildman–Crippen MR) is 127 cm³/mol. The Morgan fingerprint density at radius 2 is 1.61 bits per heavy atom. The first-order valence-corrected chi connectivity index (χ1v) is 11.8. The maximum absolute atomic E-state index is 14.6. The van der Waals surface area contributed by atoms with Crippen molar-refractivity contribution in [1.82, 2.24) is 4.57 Å². The van der Waals surface area contributed by atoms with Crippen molar-refractivity contribution in [2.24, 2.45) is 0 Å². The van der Waals surface area contributed by atoms with Gasteiger partial charge in [0.15, 0.2) is 11.6 Å². The molecule has 0 aliphatic carbocycles. The fourth-order valence-corrected chi connectivity index (χ4v) is 5.83. The van der Waals surface area contributed by atoms with Crippen molar-refractivity contribution < 1.29 is 32.9 Å². The zero-order chi connectivity index (χ0) is 25.1. The first-order chi connectivity index (χ1) is 17.3. The van der Waals surface area contributed by atoms with Crippen molar-refractivity contribution in [3.63, 3.8) is 0 Å². The smallest absolute Gasteiger partial charge is 0.335 e. The molecule has 1 aromatic heterocycles. The minimum Gasteiger partial charge on any atom is -0.507 e. The van der Waals surface area contributed by atoms with Crippen LogP contribution in [0.5, 0.6) is 5.75 Å². The van der Waals surface area contributed by atoms with E-state index >= 15 is 0 Å². The number of nitrogens with zero attached hydrogens (tertiary/aromatic N) is 1. The molecule has 0 radical (unpaired) electrons. The van der Waals surface area contributed by atoms with Crippen molar-refractivity contribution in [3.8, 4) is 22.7 Å². The highest BCUT2D eigenvalue weighted by Gasteiger charge is 2.39. The van der Waals surface area contributed by atoms with Crippen LogP contribution in [0.3, 0.4) is 0 Å². The molecule has 2 unspecified atom stereocenters. The molecular weight excluding hydrogens is 471 g/mol. The summed E-state index contributed by atoms with van der Waals surface area (Å²) >= 11 is 0. The van der Waals surface area contributed by atoms with E-state index in [4.69, 9.17) is 4.74 Å². The van der Waals surface area contributed by atoms with Gasteiger partial charge in [-0.25, -0.2) is 18.0 Å². The Morgan fingerprint density at radius 3 is 2.25 bits per heavy atom. The van der Waals surface area contributed by atoms with E-state index < -0.39 is 23.4 Å². The maximum atomic E-state index is 14.6. The Labute approximate surface area is 204 Å². The Hall–Kier alpha value is -3.78. The van der Waals surface area contributed by atoms with Crippen molar-refractivity contribution in [2.45, 2.75) is 43.8 Å². The summed E-state index contributed by atoms with van der Waals surface area (Å²) in [6.45, 7) is 0. The molecule has 3 aromatic carbocycles. The van der Waals surface area contributed by atoms with E-state index in [1.165, 1.54) is 24.3 Å². The van der Waals surface area contributed by atoms with E-state index in [0.717, 1.165) is 36.6 Å². The highest BCUT2D eigenvalue weighted by molar-refractivity contribution is 5.98. The van der Waals surface area contributed by atoms with Crippen LogP contribution in [0.25, 0.3) is 27.8 Å². The van der Waals surface area contributed by atoms with E-state index in [1.807, 2.05) is 0 Å². The van der Waals surface area contributed by atoms with E-state index in [0.29, 0.717) is 35.0 Å². The normalized spacial score (nSPS) is 21.2. The molecule has 8 heteroatoms. The molecule has 5 nitrogen and oxygen atoms in total. The lowest BCUT2D eigenvalue weighted by atomic mass is 9.85. The average molecular weight is 493 g/mol. The largest absolute Gasteiger partial charge is 0.507 e. The molecule has 2 aliphatic rings. The summed E-state index contributed by atoms with van der Waals surface area (Å²) in [4.78, 5) is 11.5. The lowest BCUT2D eigenvalue weighted by Crippen LogP contribution is -2.24. The highest BCUT2D eigenvalue weighted by Crippen LogP contribution is 2.50. The van der Waals surface area contributed by atoms with E-state index in [1.54, 1.807) is 16.7 Å². The third-order valence-electron chi connectivity index (χ3n) is 7.32. The van der Waals surface area contributed by atoms with Gasteiger partial charge in [-0.2, -0.15) is 0 Å². The minimum atomic E-state index is -1.08. The number of carboxylic acid groups (broad SMARTS) is 1. The van der Waals surface area contributed by atoms with Gasteiger partial charge in [0, 0.05) is 23.2 Å².